The minimum Gasteiger partial charge on any atom is -0.493 e. The molecular weight excluding hydrogens is 222 g/mol. The maximum Gasteiger partial charge on any atom is 0.122 e. The number of rotatable bonds is 4. The minimum absolute atomic E-state index is 0.523. The van der Waals surface area contributed by atoms with Gasteiger partial charge >= 0.3 is 0 Å². The average molecular weight is 247 g/mol. The van der Waals surface area contributed by atoms with Gasteiger partial charge in [-0.1, -0.05) is 45.9 Å². The number of hydrogen-bond acceptors (Lipinski definition) is 2. The van der Waals surface area contributed by atoms with Gasteiger partial charge in [-0.25, -0.2) is 0 Å². The van der Waals surface area contributed by atoms with Crippen LogP contribution in [0, 0.1) is 11.8 Å². The smallest absolute Gasteiger partial charge is 0.122 e. The van der Waals surface area contributed by atoms with Crippen molar-refractivity contribution in [2.75, 3.05) is 13.2 Å². The van der Waals surface area contributed by atoms with Crippen LogP contribution in [-0.2, 0) is 0 Å². The second-order valence-corrected chi connectivity index (χ2v) is 5.68. The summed E-state index contributed by atoms with van der Waals surface area (Å²) in [5.74, 6) is 2.81. The van der Waals surface area contributed by atoms with Crippen molar-refractivity contribution in [3.8, 4) is 5.75 Å². The Bertz CT molecular complexity index is 388. The van der Waals surface area contributed by atoms with E-state index in [1.54, 1.807) is 0 Å². The summed E-state index contributed by atoms with van der Waals surface area (Å²) in [5.41, 5.74) is 1.37. The van der Waals surface area contributed by atoms with Gasteiger partial charge in [-0.3, -0.25) is 0 Å². The topological polar surface area (TPSA) is 21.3 Å². The standard InChI is InChI=1S/C16H25NO/c1-5-17-16(11(2)3)15-12(4)10-18-14-9-7-6-8-13(14)15/h6-9,11-12,15-17H,5,10H2,1-4H3. The van der Waals surface area contributed by atoms with Crippen LogP contribution >= 0.6 is 0 Å². The molecule has 0 saturated heterocycles. The van der Waals surface area contributed by atoms with Crippen molar-refractivity contribution in [1.82, 2.24) is 5.32 Å². The highest BCUT2D eigenvalue weighted by atomic mass is 16.5. The van der Waals surface area contributed by atoms with E-state index < -0.39 is 0 Å². The number of nitrogens with one attached hydrogen (secondary N) is 1. The third-order valence-electron chi connectivity index (χ3n) is 3.94. The highest BCUT2D eigenvalue weighted by Gasteiger charge is 2.34. The molecule has 2 nitrogen and oxygen atoms in total. The Labute approximate surface area is 111 Å². The predicted octanol–water partition coefficient (Wildman–Crippen LogP) is 3.43. The van der Waals surface area contributed by atoms with Gasteiger partial charge in [0.05, 0.1) is 6.61 Å². The fraction of sp³-hybridized carbons (Fsp3) is 0.625. The molecule has 0 radical (unpaired) electrons. The third-order valence-corrected chi connectivity index (χ3v) is 3.94. The quantitative estimate of drug-likeness (QED) is 0.880. The lowest BCUT2D eigenvalue weighted by molar-refractivity contribution is 0.168. The summed E-state index contributed by atoms with van der Waals surface area (Å²) >= 11 is 0. The van der Waals surface area contributed by atoms with E-state index in [1.165, 1.54) is 5.56 Å². The number of ether oxygens (including phenoxy) is 1. The molecule has 1 aromatic carbocycles. The first-order valence-corrected chi connectivity index (χ1v) is 7.10. The SMILES string of the molecule is CCNC(C(C)C)C1c2ccccc2OCC1C. The molecule has 0 aliphatic carbocycles. The molecule has 1 aromatic rings. The van der Waals surface area contributed by atoms with E-state index in [4.69, 9.17) is 4.74 Å². The first-order chi connectivity index (χ1) is 8.65. The van der Waals surface area contributed by atoms with Crippen molar-refractivity contribution in [2.45, 2.75) is 39.7 Å². The van der Waals surface area contributed by atoms with Crippen molar-refractivity contribution in [2.24, 2.45) is 11.8 Å². The minimum atomic E-state index is 0.523. The van der Waals surface area contributed by atoms with Crippen LogP contribution in [0.15, 0.2) is 24.3 Å². The molecule has 2 rings (SSSR count). The number of benzene rings is 1. The predicted molar refractivity (Wildman–Crippen MR) is 76.1 cm³/mol. The lowest BCUT2D eigenvalue weighted by Gasteiger charge is -2.39. The van der Waals surface area contributed by atoms with Gasteiger partial charge in [0.1, 0.15) is 5.75 Å². The molecule has 1 aliphatic rings. The van der Waals surface area contributed by atoms with Gasteiger partial charge in [0, 0.05) is 12.0 Å². The molecule has 18 heavy (non-hydrogen) atoms. The second kappa shape index (κ2) is 5.75. The molecule has 2 heteroatoms. The molecule has 3 unspecified atom stereocenters. The zero-order chi connectivity index (χ0) is 13.1. The van der Waals surface area contributed by atoms with Crippen LogP contribution < -0.4 is 10.1 Å². The van der Waals surface area contributed by atoms with Crippen molar-refractivity contribution in [3.63, 3.8) is 0 Å². The van der Waals surface area contributed by atoms with E-state index in [2.05, 4.69) is 57.3 Å². The lowest BCUT2D eigenvalue weighted by Crippen LogP contribution is -2.44. The fourth-order valence-corrected chi connectivity index (χ4v) is 3.08. The molecule has 3 atom stereocenters. The molecule has 0 spiro atoms. The van der Waals surface area contributed by atoms with Gasteiger partial charge in [0.2, 0.25) is 0 Å². The van der Waals surface area contributed by atoms with E-state index in [9.17, 15) is 0 Å². The molecule has 1 N–H and O–H groups in total. The lowest BCUT2D eigenvalue weighted by atomic mass is 9.76. The summed E-state index contributed by atoms with van der Waals surface area (Å²) < 4.78 is 5.85. The molecule has 1 heterocycles. The van der Waals surface area contributed by atoms with Crippen molar-refractivity contribution < 1.29 is 4.74 Å². The van der Waals surface area contributed by atoms with E-state index in [0.717, 1.165) is 18.9 Å². The maximum absolute atomic E-state index is 5.85. The van der Waals surface area contributed by atoms with E-state index >= 15 is 0 Å². The van der Waals surface area contributed by atoms with Crippen molar-refractivity contribution in [3.05, 3.63) is 29.8 Å². The summed E-state index contributed by atoms with van der Waals surface area (Å²) in [7, 11) is 0. The summed E-state index contributed by atoms with van der Waals surface area (Å²) in [6, 6.07) is 9.02. The maximum atomic E-state index is 5.85. The van der Waals surface area contributed by atoms with Gasteiger partial charge < -0.3 is 10.1 Å². The van der Waals surface area contributed by atoms with Gasteiger partial charge in [-0.15, -0.1) is 0 Å². The number of para-hydroxylation sites is 1. The van der Waals surface area contributed by atoms with E-state index in [1.807, 2.05) is 0 Å². The molecule has 0 aromatic heterocycles. The monoisotopic (exact) mass is 247 g/mol. The Morgan fingerprint density at radius 2 is 2.06 bits per heavy atom. The van der Waals surface area contributed by atoms with Crippen LogP contribution in [0.3, 0.4) is 0 Å². The Hall–Kier alpha value is -1.02. The van der Waals surface area contributed by atoms with Crippen LogP contribution in [0.1, 0.15) is 39.2 Å². The molecule has 100 valence electrons. The van der Waals surface area contributed by atoms with E-state index in [-0.39, 0.29) is 0 Å². The molecule has 0 saturated carbocycles. The summed E-state index contributed by atoms with van der Waals surface area (Å²) in [6.45, 7) is 10.9. The summed E-state index contributed by atoms with van der Waals surface area (Å²) in [5, 5.41) is 3.67. The first kappa shape index (κ1) is 13.4. The Kier molecular flexibility index (Phi) is 4.28. The van der Waals surface area contributed by atoms with Crippen LogP contribution in [0.5, 0.6) is 5.75 Å². The van der Waals surface area contributed by atoms with Crippen molar-refractivity contribution >= 4 is 0 Å². The van der Waals surface area contributed by atoms with Crippen LogP contribution in [0.4, 0.5) is 0 Å². The molecular formula is C16H25NO. The molecule has 0 bridgehead atoms. The Morgan fingerprint density at radius 1 is 1.33 bits per heavy atom. The highest BCUT2D eigenvalue weighted by molar-refractivity contribution is 5.39. The zero-order valence-electron chi connectivity index (χ0n) is 11.9. The Morgan fingerprint density at radius 3 is 2.72 bits per heavy atom. The van der Waals surface area contributed by atoms with Gasteiger partial charge in [-0.05, 0) is 30.0 Å². The van der Waals surface area contributed by atoms with Crippen LogP contribution in [-0.4, -0.2) is 19.2 Å². The van der Waals surface area contributed by atoms with Crippen molar-refractivity contribution in [1.29, 1.82) is 0 Å². The largest absolute Gasteiger partial charge is 0.493 e. The van der Waals surface area contributed by atoms with E-state index in [0.29, 0.717) is 23.8 Å². The van der Waals surface area contributed by atoms with Gasteiger partial charge in [0.15, 0.2) is 0 Å². The molecule has 1 aliphatic heterocycles. The second-order valence-electron chi connectivity index (χ2n) is 5.68. The van der Waals surface area contributed by atoms with Crippen LogP contribution in [0.25, 0.3) is 0 Å². The summed E-state index contributed by atoms with van der Waals surface area (Å²) in [4.78, 5) is 0. The fourth-order valence-electron chi connectivity index (χ4n) is 3.08. The zero-order valence-corrected chi connectivity index (χ0v) is 11.9. The number of likely N-dealkylation sites (N-methyl/N-ethyl adjacent to an activating group) is 1. The number of hydrogen-bond donors (Lipinski definition) is 1. The van der Waals surface area contributed by atoms with Gasteiger partial charge in [0.25, 0.3) is 0 Å². The summed E-state index contributed by atoms with van der Waals surface area (Å²) in [6.07, 6.45) is 0. The molecule has 0 fully saturated rings. The van der Waals surface area contributed by atoms with Crippen LogP contribution in [0.2, 0.25) is 0 Å². The number of fused-ring (bicyclic) bond motifs is 1. The van der Waals surface area contributed by atoms with Gasteiger partial charge in [-0.2, -0.15) is 0 Å². The molecule has 0 amide bonds. The highest BCUT2D eigenvalue weighted by Crippen LogP contribution is 2.40. The normalized spacial score (nSPS) is 24.5. The first-order valence-electron chi connectivity index (χ1n) is 7.10. The Balaban J connectivity index is 2.35. The average Bonchev–Trinajstić information content (AvgIpc) is 2.36. The third kappa shape index (κ3) is 2.54.